The van der Waals surface area contributed by atoms with Gasteiger partial charge >= 0.3 is 12.3 Å². The summed E-state index contributed by atoms with van der Waals surface area (Å²) in [5, 5.41) is 5.88. The monoisotopic (exact) mass is 601 g/mol. The summed E-state index contributed by atoms with van der Waals surface area (Å²) in [7, 11) is -3.70. The molecule has 0 aliphatic heterocycles. The Morgan fingerprint density at radius 3 is 2.46 bits per heavy atom. The predicted octanol–water partition coefficient (Wildman–Crippen LogP) is 4.54. The zero-order chi connectivity index (χ0) is 30.4. The number of hydrogen-bond acceptors (Lipinski definition) is 9. The third-order valence-electron chi connectivity index (χ3n) is 5.85. The van der Waals surface area contributed by atoms with E-state index in [0.29, 0.717) is 29.7 Å². The van der Waals surface area contributed by atoms with Crippen LogP contribution in [-0.4, -0.2) is 56.4 Å². The number of carbonyl (C=O) groups is 1. The molecule has 2 aromatic heterocycles. The number of esters is 1. The first-order chi connectivity index (χ1) is 19.1. The first-order valence-electron chi connectivity index (χ1n) is 12.8. The number of hydrogen-bond donors (Lipinski definition) is 3. The van der Waals surface area contributed by atoms with Crippen molar-refractivity contribution in [2.24, 2.45) is 0 Å². The number of rotatable bonds is 14. The Morgan fingerprint density at radius 1 is 1.15 bits per heavy atom. The molecule has 0 aliphatic carbocycles. The minimum Gasteiger partial charge on any atom is -0.464 e. The second-order valence-corrected chi connectivity index (χ2v) is 12.2. The molecule has 0 aliphatic rings. The van der Waals surface area contributed by atoms with Crippen molar-refractivity contribution in [2.45, 2.75) is 71.6 Å². The van der Waals surface area contributed by atoms with E-state index in [2.05, 4.69) is 29.9 Å². The zero-order valence-corrected chi connectivity index (χ0v) is 24.3. The van der Waals surface area contributed by atoms with Crippen LogP contribution in [-0.2, 0) is 25.4 Å². The summed E-state index contributed by atoms with van der Waals surface area (Å²) in [4.78, 5) is 25.1. The van der Waals surface area contributed by atoms with Crippen LogP contribution in [0.25, 0.3) is 11.2 Å². The lowest BCUT2D eigenvalue weighted by molar-refractivity contribution is -0.274. The van der Waals surface area contributed by atoms with E-state index < -0.39 is 37.5 Å². The number of nitrogen functional groups attached to an aromatic ring is 1. The highest BCUT2D eigenvalue weighted by atomic mass is 31.2. The molecular formula is C25H35F3N7O5P. The molecule has 4 N–H and O–H groups in total. The van der Waals surface area contributed by atoms with Gasteiger partial charge in [-0.05, 0) is 51.8 Å². The molecule has 3 rings (SSSR count). The van der Waals surface area contributed by atoms with E-state index in [4.69, 9.17) is 15.2 Å². The summed E-state index contributed by atoms with van der Waals surface area (Å²) < 4.78 is 68.7. The number of ether oxygens (including phenoxy) is 3. The summed E-state index contributed by atoms with van der Waals surface area (Å²) in [6.45, 7) is 8.88. The number of aromatic nitrogens is 4. The first-order valence-corrected chi connectivity index (χ1v) is 14.7. The second kappa shape index (κ2) is 13.1. The van der Waals surface area contributed by atoms with Crippen LogP contribution < -0.4 is 20.6 Å². The van der Waals surface area contributed by atoms with Gasteiger partial charge in [0, 0.05) is 6.04 Å². The summed E-state index contributed by atoms with van der Waals surface area (Å²) >= 11 is 0. The van der Waals surface area contributed by atoms with E-state index >= 15 is 0 Å². The second-order valence-electron chi connectivity index (χ2n) is 10.0. The van der Waals surface area contributed by atoms with E-state index in [9.17, 15) is 22.5 Å². The third-order valence-corrected chi connectivity index (χ3v) is 8.09. The van der Waals surface area contributed by atoms with Crippen LogP contribution in [0.4, 0.5) is 19.0 Å². The Kier molecular flexibility index (Phi) is 10.3. The van der Waals surface area contributed by atoms with Crippen molar-refractivity contribution >= 4 is 30.4 Å². The average molecular weight is 602 g/mol. The molecule has 3 unspecified atom stereocenters. The summed E-state index contributed by atoms with van der Waals surface area (Å²) in [6, 6.07) is 4.55. The number of benzene rings is 1. The van der Waals surface area contributed by atoms with Gasteiger partial charge in [0.1, 0.15) is 29.5 Å². The van der Waals surface area contributed by atoms with Gasteiger partial charge in [0.2, 0.25) is 7.44 Å². The fourth-order valence-electron chi connectivity index (χ4n) is 3.91. The molecule has 226 valence electrons. The van der Waals surface area contributed by atoms with Crippen LogP contribution in [0.1, 0.15) is 52.6 Å². The molecule has 0 bridgehead atoms. The fraction of sp³-hybridized carbons (Fsp3) is 0.520. The molecule has 0 amide bonds. The predicted molar refractivity (Wildman–Crippen MR) is 146 cm³/mol. The number of nitrogens with zero attached hydrogens (tertiary/aromatic N) is 4. The minimum absolute atomic E-state index is 0.199. The lowest BCUT2D eigenvalue weighted by atomic mass is 10.1. The number of anilines is 1. The Morgan fingerprint density at radius 2 is 1.83 bits per heavy atom. The first kappa shape index (κ1) is 32.3. The lowest BCUT2D eigenvalue weighted by Gasteiger charge is -2.33. The van der Waals surface area contributed by atoms with Crippen LogP contribution in [0.3, 0.4) is 0 Å². The van der Waals surface area contributed by atoms with Crippen molar-refractivity contribution < 1.29 is 36.7 Å². The van der Waals surface area contributed by atoms with Crippen molar-refractivity contribution in [1.29, 1.82) is 0 Å². The molecule has 3 aromatic rings. The number of nitrogens with two attached hydrogens (primary N) is 1. The molecule has 0 saturated heterocycles. The van der Waals surface area contributed by atoms with Crippen LogP contribution in [0, 0.1) is 0 Å². The van der Waals surface area contributed by atoms with Gasteiger partial charge < -0.3 is 24.5 Å². The molecule has 0 spiro atoms. The van der Waals surface area contributed by atoms with Crippen molar-refractivity contribution in [3.8, 4) is 5.75 Å². The Balaban J connectivity index is 1.76. The highest BCUT2D eigenvalue weighted by Gasteiger charge is 2.38. The largest absolute Gasteiger partial charge is 0.573 e. The number of halogens is 3. The van der Waals surface area contributed by atoms with Gasteiger partial charge in [0.05, 0.1) is 25.6 Å². The molecule has 0 saturated carbocycles. The Bertz CT molecular complexity index is 1370. The molecule has 1 aromatic carbocycles. The Hall–Kier alpha value is -3.26. The lowest BCUT2D eigenvalue weighted by Crippen LogP contribution is -2.49. The quantitative estimate of drug-likeness (QED) is 0.176. The molecule has 0 radical (unpaired) electrons. The maximum Gasteiger partial charge on any atom is 0.573 e. The highest BCUT2D eigenvalue weighted by molar-refractivity contribution is 7.59. The molecule has 0 fully saturated rings. The number of nitrogens with one attached hydrogen (secondary N) is 2. The van der Waals surface area contributed by atoms with Crippen molar-refractivity contribution in [2.75, 3.05) is 18.7 Å². The van der Waals surface area contributed by atoms with E-state index in [1.54, 1.807) is 38.6 Å². The Labute approximate surface area is 235 Å². The van der Waals surface area contributed by atoms with Crippen molar-refractivity contribution in [1.82, 2.24) is 29.7 Å². The number of imidazole rings is 1. The van der Waals surface area contributed by atoms with Gasteiger partial charge in [-0.25, -0.2) is 25.1 Å². The van der Waals surface area contributed by atoms with Gasteiger partial charge in [0.15, 0.2) is 11.5 Å². The molecule has 12 nitrogen and oxygen atoms in total. The van der Waals surface area contributed by atoms with Gasteiger partial charge in [-0.2, -0.15) is 0 Å². The molecule has 2 heterocycles. The van der Waals surface area contributed by atoms with E-state index in [1.165, 1.54) is 18.5 Å². The maximum atomic E-state index is 14.2. The fourth-order valence-corrected chi connectivity index (χ4v) is 6.35. The van der Waals surface area contributed by atoms with Crippen LogP contribution in [0.5, 0.6) is 5.75 Å². The summed E-state index contributed by atoms with van der Waals surface area (Å²) in [5.74, 6) is -0.743. The van der Waals surface area contributed by atoms with Gasteiger partial charge in [-0.1, -0.05) is 19.1 Å². The normalized spacial score (nSPS) is 15.3. The number of carbonyl (C=O) groups excluding carboxylic acids is 1. The van der Waals surface area contributed by atoms with Gasteiger partial charge in [0.25, 0.3) is 0 Å². The maximum absolute atomic E-state index is 14.2. The van der Waals surface area contributed by atoms with Crippen molar-refractivity contribution in [3.05, 3.63) is 42.5 Å². The molecule has 41 heavy (non-hydrogen) atoms. The smallest absolute Gasteiger partial charge is 0.464 e. The minimum atomic E-state index is -4.82. The SMILES string of the molecule is CCCOC(=O)C(C)(C)NP(=O)(COC(C)Cn1cnc2c(N)ncnc21)NC(C)c1ccc(OC(F)(F)F)cc1. The van der Waals surface area contributed by atoms with E-state index in [0.717, 1.165) is 12.1 Å². The zero-order valence-electron chi connectivity index (χ0n) is 23.4. The van der Waals surface area contributed by atoms with Crippen molar-refractivity contribution in [3.63, 3.8) is 0 Å². The van der Waals surface area contributed by atoms with Crippen LogP contribution >= 0.6 is 7.44 Å². The third kappa shape index (κ3) is 9.12. The van der Waals surface area contributed by atoms with Crippen LogP contribution in [0.2, 0.25) is 0 Å². The number of alkyl halides is 3. The topological polar surface area (TPSA) is 156 Å². The molecule has 16 heteroatoms. The summed E-state index contributed by atoms with van der Waals surface area (Å²) in [6.07, 6.45) is -2.14. The van der Waals surface area contributed by atoms with Gasteiger partial charge in [-0.15, -0.1) is 13.2 Å². The number of fused-ring (bicyclic) bond motifs is 1. The average Bonchev–Trinajstić information content (AvgIpc) is 3.29. The van der Waals surface area contributed by atoms with Gasteiger partial charge in [-0.3, -0.25) is 9.36 Å². The standard InChI is InChI=1S/C25H35F3N7O5P/c1-6-11-38-23(36)24(4,5)34-41(37,33-17(3)18-7-9-19(10-8-18)40-25(26,27)28)15-39-16(2)12-35-14-32-20-21(29)30-13-31-22(20)35/h7-10,13-14,16-17H,6,11-12,15H2,1-5H3,(H2,29,30,31)(H2,33,34,37). The molecule has 3 atom stereocenters. The van der Waals surface area contributed by atoms with E-state index in [-0.39, 0.29) is 24.5 Å². The summed E-state index contributed by atoms with van der Waals surface area (Å²) in [5.41, 5.74) is 5.98. The van der Waals surface area contributed by atoms with Crippen LogP contribution in [0.15, 0.2) is 36.9 Å². The van der Waals surface area contributed by atoms with E-state index in [1.807, 2.05) is 6.92 Å². The highest BCUT2D eigenvalue weighted by Crippen LogP contribution is 2.42. The molecular weight excluding hydrogens is 566 g/mol.